The Hall–Kier alpha value is -2.75. The van der Waals surface area contributed by atoms with Crippen molar-refractivity contribution in [1.29, 1.82) is 0 Å². The highest BCUT2D eigenvalue weighted by molar-refractivity contribution is 6.11. The number of rotatable bonds is 7. The van der Waals surface area contributed by atoms with Gasteiger partial charge in [-0.15, -0.1) is 0 Å². The normalized spacial score (nSPS) is 30.4. The van der Waals surface area contributed by atoms with Crippen LogP contribution in [0.2, 0.25) is 0 Å². The zero-order valence-electron chi connectivity index (χ0n) is 16.5. The lowest BCUT2D eigenvalue weighted by Crippen LogP contribution is -2.70. The third-order valence-electron chi connectivity index (χ3n) is 6.19. The van der Waals surface area contributed by atoms with Gasteiger partial charge >= 0.3 is 5.97 Å². The molecule has 2 aliphatic rings. The van der Waals surface area contributed by atoms with Crippen LogP contribution in [0.3, 0.4) is 0 Å². The van der Waals surface area contributed by atoms with Gasteiger partial charge in [-0.05, 0) is 31.2 Å². The fourth-order valence-electron chi connectivity index (χ4n) is 4.21. The van der Waals surface area contributed by atoms with E-state index in [1.807, 2.05) is 6.92 Å². The first-order valence-electron chi connectivity index (χ1n) is 9.85. The number of aliphatic carboxylic acids is 1. The van der Waals surface area contributed by atoms with Gasteiger partial charge in [0.15, 0.2) is 11.3 Å². The smallest absolute Gasteiger partial charge is 0.332 e. The molecule has 5 N–H and O–H groups in total. The number of aromatic nitrogens is 2. The van der Waals surface area contributed by atoms with E-state index in [1.165, 1.54) is 12.5 Å². The van der Waals surface area contributed by atoms with Crippen LogP contribution in [0.5, 0.6) is 0 Å². The maximum Gasteiger partial charge on any atom is 0.332 e. The fraction of sp³-hybridized carbons (Fsp3) is 0.632. The molecular formula is C19H27N5O5. The van der Waals surface area contributed by atoms with Crippen molar-refractivity contribution in [2.24, 2.45) is 11.8 Å². The number of nitrogens with zero attached hydrogens (tertiary/aromatic N) is 1. The van der Waals surface area contributed by atoms with Crippen LogP contribution < -0.4 is 16.0 Å². The van der Waals surface area contributed by atoms with Gasteiger partial charge in [-0.3, -0.25) is 19.7 Å². The second kappa shape index (κ2) is 8.32. The van der Waals surface area contributed by atoms with E-state index in [9.17, 15) is 24.3 Å². The number of hydrogen-bond acceptors (Lipinski definition) is 6. The summed E-state index contributed by atoms with van der Waals surface area (Å²) in [6.07, 6.45) is 4.39. The van der Waals surface area contributed by atoms with Crippen molar-refractivity contribution in [3.63, 3.8) is 0 Å². The van der Waals surface area contributed by atoms with Crippen molar-refractivity contribution in [3.8, 4) is 0 Å². The molecule has 0 bridgehead atoms. The number of hydrogen-bond donors (Lipinski definition) is 5. The van der Waals surface area contributed by atoms with Crippen LogP contribution >= 0.6 is 0 Å². The standard InChI is InChI=1S/C19H27N5O5/c1-10-5-6-22-19(11(10)2,18(28)29)16(26)14(7-12-8-20-9-21-12)24-17(27)13-3-4-15(25)23-13/h8-11,13-14,22H,3-7H2,1-2H3,(H,20,21)(H,23,25)(H,24,27)(H,28,29)/t10?,11?,13-,14-,19?/m0/s1. The van der Waals surface area contributed by atoms with E-state index in [0.717, 1.165) is 6.42 Å². The summed E-state index contributed by atoms with van der Waals surface area (Å²) in [4.78, 5) is 56.8. The number of piperidine rings is 1. The van der Waals surface area contributed by atoms with Crippen LogP contribution in [0.4, 0.5) is 0 Å². The Morgan fingerprint density at radius 2 is 2.10 bits per heavy atom. The van der Waals surface area contributed by atoms with Crippen molar-refractivity contribution >= 4 is 23.6 Å². The molecule has 2 saturated heterocycles. The Labute approximate surface area is 168 Å². The van der Waals surface area contributed by atoms with Gasteiger partial charge in [0.05, 0.1) is 12.4 Å². The molecule has 5 atom stereocenters. The number of ketones is 1. The number of Topliss-reactive ketones (excluding diaryl/α,β-unsaturated/α-hetero) is 1. The molecule has 3 rings (SSSR count). The number of aromatic amines is 1. The molecule has 10 nitrogen and oxygen atoms in total. The van der Waals surface area contributed by atoms with Gasteiger partial charge in [0.2, 0.25) is 11.8 Å². The minimum Gasteiger partial charge on any atom is -0.480 e. The average Bonchev–Trinajstić information content (AvgIpc) is 3.34. The van der Waals surface area contributed by atoms with Crippen LogP contribution in [-0.4, -0.2) is 62.8 Å². The number of amides is 2. The van der Waals surface area contributed by atoms with Crippen LogP contribution in [0.15, 0.2) is 12.5 Å². The van der Waals surface area contributed by atoms with Gasteiger partial charge in [-0.25, -0.2) is 9.78 Å². The third-order valence-corrected chi connectivity index (χ3v) is 6.19. The number of carboxylic acids is 1. The second-order valence-electron chi connectivity index (χ2n) is 7.96. The van der Waals surface area contributed by atoms with Crippen LogP contribution in [0.25, 0.3) is 0 Å². The first-order valence-corrected chi connectivity index (χ1v) is 9.85. The molecule has 3 heterocycles. The Morgan fingerprint density at radius 1 is 1.34 bits per heavy atom. The van der Waals surface area contributed by atoms with Crippen LogP contribution in [0, 0.1) is 11.8 Å². The molecule has 29 heavy (non-hydrogen) atoms. The molecule has 1 aromatic rings. The lowest BCUT2D eigenvalue weighted by atomic mass is 9.69. The molecule has 0 radical (unpaired) electrons. The SMILES string of the molecule is CC1CCNC(C(=O)O)(C(=O)[C@H](Cc2cnc[nH]2)NC(=O)[C@@H]2CCC(=O)N2)C1C. The molecule has 1 aromatic heterocycles. The minimum absolute atomic E-state index is 0.0222. The van der Waals surface area contributed by atoms with Gasteiger partial charge in [0.25, 0.3) is 0 Å². The van der Waals surface area contributed by atoms with E-state index in [1.54, 1.807) is 6.92 Å². The summed E-state index contributed by atoms with van der Waals surface area (Å²) < 4.78 is 0. The Kier molecular flexibility index (Phi) is 6.02. The van der Waals surface area contributed by atoms with E-state index >= 15 is 0 Å². The third kappa shape index (κ3) is 4.02. The molecule has 2 fully saturated rings. The maximum absolute atomic E-state index is 13.6. The molecular weight excluding hydrogens is 378 g/mol. The predicted molar refractivity (Wildman–Crippen MR) is 102 cm³/mol. The largest absolute Gasteiger partial charge is 0.480 e. The Balaban J connectivity index is 1.89. The summed E-state index contributed by atoms with van der Waals surface area (Å²) in [5, 5.41) is 18.2. The lowest BCUT2D eigenvalue weighted by molar-refractivity contribution is -0.157. The second-order valence-corrected chi connectivity index (χ2v) is 7.96. The monoisotopic (exact) mass is 405 g/mol. The highest BCUT2D eigenvalue weighted by atomic mass is 16.4. The molecule has 2 amide bonds. The zero-order valence-corrected chi connectivity index (χ0v) is 16.5. The van der Waals surface area contributed by atoms with Crippen molar-refractivity contribution in [2.75, 3.05) is 6.54 Å². The molecule has 158 valence electrons. The number of imidazole rings is 1. The fourth-order valence-corrected chi connectivity index (χ4v) is 4.21. The van der Waals surface area contributed by atoms with Gasteiger partial charge in [0, 0.05) is 24.7 Å². The highest BCUT2D eigenvalue weighted by Crippen LogP contribution is 2.33. The summed E-state index contributed by atoms with van der Waals surface area (Å²) in [6, 6.07) is -1.81. The van der Waals surface area contributed by atoms with Gasteiger partial charge in [-0.2, -0.15) is 0 Å². The summed E-state index contributed by atoms with van der Waals surface area (Å²) in [5.74, 6) is -3.01. The predicted octanol–water partition coefficient (Wildman–Crippen LogP) is -0.626. The van der Waals surface area contributed by atoms with E-state index in [4.69, 9.17) is 0 Å². The zero-order chi connectivity index (χ0) is 21.2. The number of carbonyl (C=O) groups excluding carboxylic acids is 3. The number of carbonyl (C=O) groups is 4. The summed E-state index contributed by atoms with van der Waals surface area (Å²) in [6.45, 7) is 4.06. The first kappa shape index (κ1) is 21.0. The first-order chi connectivity index (χ1) is 13.8. The minimum atomic E-state index is -1.80. The molecule has 0 aliphatic carbocycles. The van der Waals surface area contributed by atoms with Crippen LogP contribution in [-0.2, 0) is 25.6 Å². The number of H-pyrrole nitrogens is 1. The summed E-state index contributed by atoms with van der Waals surface area (Å²) in [5.41, 5.74) is -1.20. The van der Waals surface area contributed by atoms with E-state index in [0.29, 0.717) is 18.7 Å². The molecule has 0 saturated carbocycles. The topological polar surface area (TPSA) is 153 Å². The van der Waals surface area contributed by atoms with Crippen molar-refractivity contribution in [2.45, 2.75) is 57.2 Å². The molecule has 0 spiro atoms. The van der Waals surface area contributed by atoms with Gasteiger partial charge < -0.3 is 20.7 Å². The van der Waals surface area contributed by atoms with Crippen molar-refractivity contribution < 1.29 is 24.3 Å². The van der Waals surface area contributed by atoms with E-state index < -0.39 is 41.2 Å². The molecule has 3 unspecified atom stereocenters. The van der Waals surface area contributed by atoms with E-state index in [2.05, 4.69) is 25.9 Å². The van der Waals surface area contributed by atoms with Gasteiger partial charge in [0.1, 0.15) is 6.04 Å². The number of carboxylic acid groups (broad SMARTS) is 1. The quantitative estimate of drug-likeness (QED) is 0.379. The van der Waals surface area contributed by atoms with E-state index in [-0.39, 0.29) is 24.7 Å². The van der Waals surface area contributed by atoms with Gasteiger partial charge in [-0.1, -0.05) is 13.8 Å². The maximum atomic E-state index is 13.6. The average molecular weight is 405 g/mol. The Bertz CT molecular complexity index is 795. The lowest BCUT2D eigenvalue weighted by Gasteiger charge is -2.43. The summed E-state index contributed by atoms with van der Waals surface area (Å²) >= 11 is 0. The molecule has 2 aliphatic heterocycles. The van der Waals surface area contributed by atoms with Crippen molar-refractivity contribution in [1.82, 2.24) is 25.9 Å². The highest BCUT2D eigenvalue weighted by Gasteiger charge is 2.55. The Morgan fingerprint density at radius 3 is 2.69 bits per heavy atom. The molecule has 0 aromatic carbocycles. The summed E-state index contributed by atoms with van der Waals surface area (Å²) in [7, 11) is 0. The van der Waals surface area contributed by atoms with Crippen LogP contribution in [0.1, 0.15) is 38.8 Å². The molecule has 10 heteroatoms. The number of nitrogens with one attached hydrogen (secondary N) is 4. The van der Waals surface area contributed by atoms with Crippen molar-refractivity contribution in [3.05, 3.63) is 18.2 Å².